The predicted octanol–water partition coefficient (Wildman–Crippen LogP) is 7.47. The first-order chi connectivity index (χ1) is 19.5. The molecular formula is C33H30N4O2S. The molecule has 1 aliphatic heterocycles. The molecule has 1 fully saturated rings. The first-order valence-electron chi connectivity index (χ1n) is 13.2. The highest BCUT2D eigenvalue weighted by atomic mass is 32.1. The fourth-order valence-corrected chi connectivity index (χ4v) is 5.83. The topological polar surface area (TPSA) is 51.5 Å². The van der Waals surface area contributed by atoms with Crippen LogP contribution in [0.4, 0.5) is 5.69 Å². The molecule has 0 spiro atoms. The number of aromatic nitrogens is 2. The summed E-state index contributed by atoms with van der Waals surface area (Å²) in [6, 6.07) is 34.0. The molecule has 1 aliphatic rings. The Labute approximate surface area is 239 Å². The minimum absolute atomic E-state index is 0.117. The van der Waals surface area contributed by atoms with Gasteiger partial charge in [0.2, 0.25) is 0 Å². The summed E-state index contributed by atoms with van der Waals surface area (Å²) in [5, 5.41) is 4.23. The molecular weight excluding hydrogens is 516 g/mol. The summed E-state index contributed by atoms with van der Waals surface area (Å²) >= 11 is 5.96. The highest BCUT2D eigenvalue weighted by Crippen LogP contribution is 2.44. The van der Waals surface area contributed by atoms with Gasteiger partial charge in [-0.15, -0.1) is 0 Å². The fraction of sp³-hybridized carbons (Fsp3) is 0.152. The van der Waals surface area contributed by atoms with Crippen LogP contribution < -0.4 is 19.7 Å². The van der Waals surface area contributed by atoms with Gasteiger partial charge in [-0.1, -0.05) is 30.3 Å². The number of nitrogens with one attached hydrogen (secondary N) is 1. The van der Waals surface area contributed by atoms with Crippen LogP contribution in [0.15, 0.2) is 109 Å². The Balaban J connectivity index is 1.42. The molecule has 5 aromatic rings. The summed E-state index contributed by atoms with van der Waals surface area (Å²) in [5.41, 5.74) is 6.41. The highest BCUT2D eigenvalue weighted by Gasteiger charge is 2.42. The molecule has 3 heterocycles. The minimum atomic E-state index is -0.131. The van der Waals surface area contributed by atoms with Gasteiger partial charge in [0.1, 0.15) is 17.2 Å². The number of aryl methyl sites for hydroxylation is 1. The summed E-state index contributed by atoms with van der Waals surface area (Å²) in [6.07, 6.45) is 1.83. The summed E-state index contributed by atoms with van der Waals surface area (Å²) in [4.78, 5) is 6.90. The molecule has 6 nitrogen and oxygen atoms in total. The molecule has 2 atom stereocenters. The lowest BCUT2D eigenvalue weighted by Gasteiger charge is -2.28. The standard InChI is InChI=1S/C33H30N4O2S/c1-22-20-29(23(2)36(22)25-10-9-13-28(21-25)38-3)32-31(30-14-7-8-19-34-30)35-33(40)37(32)24-15-17-27(18-16-24)39-26-11-5-4-6-12-26/h4-21,31-32H,1-3H3,(H,35,40). The molecule has 0 saturated carbocycles. The number of para-hydroxylation sites is 1. The second-order valence-corrected chi connectivity index (χ2v) is 10.2. The van der Waals surface area contributed by atoms with Crippen LogP contribution in [0.25, 0.3) is 5.69 Å². The zero-order valence-corrected chi connectivity index (χ0v) is 23.4. The van der Waals surface area contributed by atoms with E-state index in [9.17, 15) is 0 Å². The van der Waals surface area contributed by atoms with Crippen molar-refractivity contribution in [3.63, 3.8) is 0 Å². The smallest absolute Gasteiger partial charge is 0.174 e. The average molecular weight is 547 g/mol. The maximum Gasteiger partial charge on any atom is 0.174 e. The minimum Gasteiger partial charge on any atom is -0.497 e. The van der Waals surface area contributed by atoms with E-state index in [0.717, 1.165) is 45.7 Å². The number of hydrogen-bond acceptors (Lipinski definition) is 4. The van der Waals surface area contributed by atoms with Crippen molar-refractivity contribution in [3.05, 3.63) is 132 Å². The van der Waals surface area contributed by atoms with Crippen LogP contribution >= 0.6 is 12.2 Å². The fourth-order valence-electron chi connectivity index (χ4n) is 5.48. The lowest BCUT2D eigenvalue weighted by atomic mass is 9.96. The quantitative estimate of drug-likeness (QED) is 0.214. The van der Waals surface area contributed by atoms with E-state index in [1.807, 2.05) is 72.9 Å². The van der Waals surface area contributed by atoms with Crippen molar-refractivity contribution in [2.24, 2.45) is 0 Å². The van der Waals surface area contributed by atoms with E-state index in [0.29, 0.717) is 5.11 Å². The Morgan fingerprint density at radius 3 is 2.23 bits per heavy atom. The van der Waals surface area contributed by atoms with Crippen molar-refractivity contribution >= 4 is 23.0 Å². The Morgan fingerprint density at radius 2 is 1.50 bits per heavy atom. The second kappa shape index (κ2) is 10.9. The molecule has 1 N–H and O–H groups in total. The first-order valence-corrected chi connectivity index (χ1v) is 13.6. The molecule has 0 aliphatic carbocycles. The van der Waals surface area contributed by atoms with Gasteiger partial charge in [0.25, 0.3) is 0 Å². The van der Waals surface area contributed by atoms with Crippen molar-refractivity contribution in [1.82, 2.24) is 14.9 Å². The molecule has 0 radical (unpaired) electrons. The molecule has 0 amide bonds. The van der Waals surface area contributed by atoms with Crippen LogP contribution in [0.2, 0.25) is 0 Å². The third-order valence-electron chi connectivity index (χ3n) is 7.29. The Bertz CT molecular complexity index is 1630. The molecule has 200 valence electrons. The van der Waals surface area contributed by atoms with Crippen LogP contribution in [-0.2, 0) is 0 Å². The molecule has 1 saturated heterocycles. The molecule has 7 heteroatoms. The van der Waals surface area contributed by atoms with Crippen LogP contribution in [0, 0.1) is 13.8 Å². The first kappa shape index (κ1) is 25.6. The molecule has 2 unspecified atom stereocenters. The van der Waals surface area contributed by atoms with Crippen LogP contribution in [0.3, 0.4) is 0 Å². The van der Waals surface area contributed by atoms with Gasteiger partial charge in [-0.2, -0.15) is 0 Å². The molecule has 40 heavy (non-hydrogen) atoms. The lowest BCUT2D eigenvalue weighted by molar-refractivity contribution is 0.414. The molecule has 3 aromatic carbocycles. The van der Waals surface area contributed by atoms with Gasteiger partial charge in [0.05, 0.1) is 24.9 Å². The number of thiocarbonyl (C=S) groups is 1. The lowest BCUT2D eigenvalue weighted by Crippen LogP contribution is -2.29. The molecule has 6 rings (SSSR count). The van der Waals surface area contributed by atoms with Crippen molar-refractivity contribution in [3.8, 4) is 22.9 Å². The number of benzene rings is 3. The second-order valence-electron chi connectivity index (χ2n) is 9.77. The van der Waals surface area contributed by atoms with Gasteiger partial charge >= 0.3 is 0 Å². The SMILES string of the molecule is COc1cccc(-n2c(C)cc(C3C(c4ccccn4)NC(=S)N3c3ccc(Oc4ccccc4)cc3)c2C)c1. The maximum atomic E-state index is 6.04. The Morgan fingerprint density at radius 1 is 0.775 bits per heavy atom. The van der Waals surface area contributed by atoms with Crippen molar-refractivity contribution in [2.75, 3.05) is 12.0 Å². The van der Waals surface area contributed by atoms with E-state index in [4.69, 9.17) is 26.7 Å². The Hall–Kier alpha value is -4.62. The van der Waals surface area contributed by atoms with E-state index >= 15 is 0 Å². The number of nitrogens with zero attached hydrogens (tertiary/aromatic N) is 3. The number of methoxy groups -OCH3 is 1. The maximum absolute atomic E-state index is 6.04. The summed E-state index contributed by atoms with van der Waals surface area (Å²) in [7, 11) is 1.69. The number of rotatable bonds is 7. The van der Waals surface area contributed by atoms with Crippen LogP contribution in [0.5, 0.6) is 17.2 Å². The zero-order valence-electron chi connectivity index (χ0n) is 22.6. The summed E-state index contributed by atoms with van der Waals surface area (Å²) in [5.74, 6) is 2.38. The third kappa shape index (κ3) is 4.80. The van der Waals surface area contributed by atoms with Gasteiger partial charge in [0.15, 0.2) is 5.11 Å². The van der Waals surface area contributed by atoms with Gasteiger partial charge < -0.3 is 24.3 Å². The monoisotopic (exact) mass is 546 g/mol. The summed E-state index contributed by atoms with van der Waals surface area (Å²) < 4.78 is 13.8. The zero-order chi connectivity index (χ0) is 27.6. The van der Waals surface area contributed by atoms with E-state index < -0.39 is 0 Å². The Kier molecular flexibility index (Phi) is 6.97. The van der Waals surface area contributed by atoms with Crippen molar-refractivity contribution in [1.29, 1.82) is 0 Å². The normalized spacial score (nSPS) is 16.6. The average Bonchev–Trinajstić information content (AvgIpc) is 3.49. The van der Waals surface area contributed by atoms with Crippen LogP contribution in [-0.4, -0.2) is 21.8 Å². The predicted molar refractivity (Wildman–Crippen MR) is 163 cm³/mol. The van der Waals surface area contributed by atoms with Crippen molar-refractivity contribution < 1.29 is 9.47 Å². The number of ether oxygens (including phenoxy) is 2. The van der Waals surface area contributed by atoms with Gasteiger partial charge in [-0.3, -0.25) is 4.98 Å². The molecule has 2 aromatic heterocycles. The van der Waals surface area contributed by atoms with E-state index in [1.54, 1.807) is 7.11 Å². The van der Waals surface area contributed by atoms with Crippen LogP contribution in [0.1, 0.15) is 34.7 Å². The third-order valence-corrected chi connectivity index (χ3v) is 7.61. The number of hydrogen-bond donors (Lipinski definition) is 1. The molecule has 0 bridgehead atoms. The van der Waals surface area contributed by atoms with Gasteiger partial charge in [-0.25, -0.2) is 0 Å². The van der Waals surface area contributed by atoms with Gasteiger partial charge in [0, 0.05) is 35.0 Å². The van der Waals surface area contributed by atoms with Crippen molar-refractivity contribution in [2.45, 2.75) is 25.9 Å². The summed E-state index contributed by atoms with van der Waals surface area (Å²) in [6.45, 7) is 4.29. The van der Waals surface area contributed by atoms with E-state index in [1.165, 1.54) is 5.56 Å². The van der Waals surface area contributed by atoms with E-state index in [-0.39, 0.29) is 12.1 Å². The van der Waals surface area contributed by atoms with E-state index in [2.05, 4.69) is 65.0 Å². The van der Waals surface area contributed by atoms with Gasteiger partial charge in [-0.05, 0) is 98.4 Å². The largest absolute Gasteiger partial charge is 0.497 e. The number of anilines is 1. The highest BCUT2D eigenvalue weighted by molar-refractivity contribution is 7.80. The number of pyridine rings is 1.